The number of pyridine rings is 1. The van der Waals surface area contributed by atoms with Crippen molar-refractivity contribution in [3.63, 3.8) is 0 Å². The zero-order valence-corrected chi connectivity index (χ0v) is 12.6. The predicted octanol–water partition coefficient (Wildman–Crippen LogP) is 2.44. The molecule has 4 nitrogen and oxygen atoms in total. The van der Waals surface area contributed by atoms with Crippen LogP contribution in [0, 0.1) is 13.8 Å². The minimum atomic E-state index is 0.377. The first-order valence-electron chi connectivity index (χ1n) is 5.98. The molecular formula is C13H16N4S2. The number of hydrogen-bond donors (Lipinski definition) is 2. The van der Waals surface area contributed by atoms with Crippen LogP contribution in [0.5, 0.6) is 0 Å². The summed E-state index contributed by atoms with van der Waals surface area (Å²) < 4.78 is 0. The highest BCUT2D eigenvalue weighted by molar-refractivity contribution is 7.80. The molecule has 100 valence electrons. The number of anilines is 1. The highest BCUT2D eigenvalue weighted by Gasteiger charge is 2.10. The standard InChI is InChI=1S/C13H16N4S2/c1-8-7-10(12(13(14)18)9(2)17-8)15-4-3-11-16-5-6-19-11/h5-7H,3-4H2,1-2H3,(H2,14,18)(H,15,17). The van der Waals surface area contributed by atoms with Gasteiger partial charge < -0.3 is 11.1 Å². The Hall–Kier alpha value is -1.53. The number of nitrogens with zero attached hydrogens (tertiary/aromatic N) is 2. The second-order valence-corrected chi connectivity index (χ2v) is 5.66. The molecule has 2 aromatic heterocycles. The summed E-state index contributed by atoms with van der Waals surface area (Å²) in [5, 5.41) is 6.47. The molecule has 2 rings (SSSR count). The van der Waals surface area contributed by atoms with E-state index >= 15 is 0 Å². The van der Waals surface area contributed by atoms with Crippen LogP contribution in [0.3, 0.4) is 0 Å². The van der Waals surface area contributed by atoms with Gasteiger partial charge in [0.05, 0.1) is 10.6 Å². The van der Waals surface area contributed by atoms with Crippen LogP contribution in [0.2, 0.25) is 0 Å². The highest BCUT2D eigenvalue weighted by Crippen LogP contribution is 2.19. The third-order valence-corrected chi connectivity index (χ3v) is 3.76. The Balaban J connectivity index is 2.12. The van der Waals surface area contributed by atoms with Crippen LogP contribution in [-0.4, -0.2) is 21.5 Å². The topological polar surface area (TPSA) is 63.8 Å². The molecule has 2 heterocycles. The first-order chi connectivity index (χ1) is 9.08. The third-order valence-electron chi connectivity index (χ3n) is 2.71. The average molecular weight is 292 g/mol. The first kappa shape index (κ1) is 13.9. The van der Waals surface area contributed by atoms with Crippen LogP contribution in [0.1, 0.15) is 22.0 Å². The van der Waals surface area contributed by atoms with Crippen molar-refractivity contribution in [3.05, 3.63) is 39.6 Å². The second-order valence-electron chi connectivity index (χ2n) is 4.24. The smallest absolute Gasteiger partial charge is 0.107 e. The summed E-state index contributed by atoms with van der Waals surface area (Å²) in [6.45, 7) is 4.68. The molecule has 0 bridgehead atoms. The molecule has 0 unspecified atom stereocenters. The largest absolute Gasteiger partial charge is 0.389 e. The van der Waals surface area contributed by atoms with Crippen molar-refractivity contribution in [1.82, 2.24) is 9.97 Å². The molecular weight excluding hydrogens is 276 g/mol. The molecule has 0 spiro atoms. The fraction of sp³-hybridized carbons (Fsp3) is 0.308. The molecule has 0 amide bonds. The molecule has 0 radical (unpaired) electrons. The SMILES string of the molecule is Cc1cc(NCCc2nccs2)c(C(N)=S)c(C)n1. The minimum Gasteiger partial charge on any atom is -0.389 e. The van der Waals surface area contributed by atoms with Crippen molar-refractivity contribution in [2.75, 3.05) is 11.9 Å². The van der Waals surface area contributed by atoms with Gasteiger partial charge in [-0.25, -0.2) is 4.98 Å². The van der Waals surface area contributed by atoms with E-state index in [0.29, 0.717) is 4.99 Å². The van der Waals surface area contributed by atoms with E-state index in [-0.39, 0.29) is 0 Å². The van der Waals surface area contributed by atoms with Crippen molar-refractivity contribution >= 4 is 34.2 Å². The molecule has 19 heavy (non-hydrogen) atoms. The number of nitrogens with one attached hydrogen (secondary N) is 1. The number of aromatic nitrogens is 2. The van der Waals surface area contributed by atoms with E-state index in [1.807, 2.05) is 31.5 Å². The summed E-state index contributed by atoms with van der Waals surface area (Å²) in [5.74, 6) is 0. The number of rotatable bonds is 5. The van der Waals surface area contributed by atoms with Gasteiger partial charge in [-0.2, -0.15) is 0 Å². The van der Waals surface area contributed by atoms with Crippen LogP contribution in [-0.2, 0) is 6.42 Å². The molecule has 0 fully saturated rings. The van der Waals surface area contributed by atoms with Gasteiger partial charge >= 0.3 is 0 Å². The van der Waals surface area contributed by atoms with Gasteiger partial charge in [-0.3, -0.25) is 4.98 Å². The van der Waals surface area contributed by atoms with E-state index < -0.39 is 0 Å². The van der Waals surface area contributed by atoms with E-state index in [4.69, 9.17) is 18.0 Å². The van der Waals surface area contributed by atoms with Crippen LogP contribution < -0.4 is 11.1 Å². The fourth-order valence-corrected chi connectivity index (χ4v) is 2.84. The van der Waals surface area contributed by atoms with Crippen LogP contribution in [0.15, 0.2) is 17.6 Å². The molecule has 0 aromatic carbocycles. The monoisotopic (exact) mass is 292 g/mol. The molecule has 0 aliphatic carbocycles. The van der Waals surface area contributed by atoms with Gasteiger partial charge in [-0.05, 0) is 19.9 Å². The Labute approximate surface area is 122 Å². The van der Waals surface area contributed by atoms with Crippen molar-refractivity contribution in [1.29, 1.82) is 0 Å². The molecule has 0 atom stereocenters. The Bertz CT molecular complexity index is 579. The van der Waals surface area contributed by atoms with Crippen molar-refractivity contribution in [3.8, 4) is 0 Å². The Morgan fingerprint density at radius 1 is 1.47 bits per heavy atom. The lowest BCUT2D eigenvalue weighted by Crippen LogP contribution is -2.17. The summed E-state index contributed by atoms with van der Waals surface area (Å²) in [6, 6.07) is 1.98. The summed E-state index contributed by atoms with van der Waals surface area (Å²) in [5.41, 5.74) is 9.38. The van der Waals surface area contributed by atoms with Crippen LogP contribution in [0.4, 0.5) is 5.69 Å². The molecule has 6 heteroatoms. The van der Waals surface area contributed by atoms with Gasteiger partial charge in [-0.15, -0.1) is 11.3 Å². The molecule has 2 aromatic rings. The van der Waals surface area contributed by atoms with E-state index in [2.05, 4.69) is 15.3 Å². The highest BCUT2D eigenvalue weighted by atomic mass is 32.1. The van der Waals surface area contributed by atoms with Crippen molar-refractivity contribution in [2.45, 2.75) is 20.3 Å². The molecule has 0 saturated heterocycles. The summed E-state index contributed by atoms with van der Waals surface area (Å²) in [6.07, 6.45) is 2.70. The van der Waals surface area contributed by atoms with E-state index in [0.717, 1.165) is 40.6 Å². The fourth-order valence-electron chi connectivity index (χ4n) is 1.96. The van der Waals surface area contributed by atoms with Gasteiger partial charge in [0.2, 0.25) is 0 Å². The van der Waals surface area contributed by atoms with E-state index in [1.54, 1.807) is 11.3 Å². The van der Waals surface area contributed by atoms with Crippen molar-refractivity contribution < 1.29 is 0 Å². The Morgan fingerprint density at radius 2 is 2.26 bits per heavy atom. The number of thiazole rings is 1. The summed E-state index contributed by atoms with van der Waals surface area (Å²) in [7, 11) is 0. The van der Waals surface area contributed by atoms with Crippen LogP contribution >= 0.6 is 23.6 Å². The molecule has 0 aliphatic heterocycles. The molecule has 0 aliphatic rings. The Kier molecular flexibility index (Phi) is 4.44. The molecule has 3 N–H and O–H groups in total. The predicted molar refractivity (Wildman–Crippen MR) is 83.9 cm³/mol. The molecule has 0 saturated carbocycles. The summed E-state index contributed by atoms with van der Waals surface area (Å²) >= 11 is 6.76. The maximum absolute atomic E-state index is 5.77. The van der Waals surface area contributed by atoms with E-state index in [1.165, 1.54) is 0 Å². The maximum atomic E-state index is 5.77. The van der Waals surface area contributed by atoms with Gasteiger partial charge in [0.15, 0.2) is 0 Å². The minimum absolute atomic E-state index is 0.377. The average Bonchev–Trinajstić information content (AvgIpc) is 2.80. The normalized spacial score (nSPS) is 10.4. The third kappa shape index (κ3) is 3.48. The van der Waals surface area contributed by atoms with Gasteiger partial charge in [-0.1, -0.05) is 12.2 Å². The van der Waals surface area contributed by atoms with Gasteiger partial charge in [0, 0.05) is 41.6 Å². The second kappa shape index (κ2) is 6.08. The lowest BCUT2D eigenvalue weighted by atomic mass is 10.1. The van der Waals surface area contributed by atoms with E-state index in [9.17, 15) is 0 Å². The summed E-state index contributed by atoms with van der Waals surface area (Å²) in [4.78, 5) is 9.03. The lowest BCUT2D eigenvalue weighted by Gasteiger charge is -2.13. The zero-order valence-electron chi connectivity index (χ0n) is 10.9. The van der Waals surface area contributed by atoms with Gasteiger partial charge in [0.1, 0.15) is 4.99 Å². The lowest BCUT2D eigenvalue weighted by molar-refractivity contribution is 0.992. The first-order valence-corrected chi connectivity index (χ1v) is 7.27. The van der Waals surface area contributed by atoms with Crippen molar-refractivity contribution in [2.24, 2.45) is 5.73 Å². The maximum Gasteiger partial charge on any atom is 0.107 e. The Morgan fingerprint density at radius 3 is 2.89 bits per heavy atom. The number of thiocarbonyl (C=S) groups is 1. The quantitative estimate of drug-likeness (QED) is 0.829. The number of hydrogen-bond acceptors (Lipinski definition) is 5. The van der Waals surface area contributed by atoms with Gasteiger partial charge in [0.25, 0.3) is 0 Å². The number of nitrogens with two attached hydrogens (primary N) is 1. The van der Waals surface area contributed by atoms with Crippen LogP contribution in [0.25, 0.3) is 0 Å². The zero-order chi connectivity index (χ0) is 13.8. The number of aryl methyl sites for hydroxylation is 2.